The third-order valence-electron chi connectivity index (χ3n) is 3.41. The van der Waals surface area contributed by atoms with Crippen molar-refractivity contribution in [1.29, 1.82) is 0 Å². The highest BCUT2D eigenvalue weighted by atomic mass is 16.2. The fraction of sp³-hybridized carbons (Fsp3) is 0.0625. The van der Waals surface area contributed by atoms with E-state index in [4.69, 9.17) is 0 Å². The standard InChI is InChI=1S/C16H12N3O3/c20-10-19(14-8-17-16(22)18-15(14)21)9-12-6-3-5-11-4-1-2-7-13(11)12/h1-8,10H,9H2,(H,18,21,22). The Labute approximate surface area is 126 Å². The molecule has 1 heterocycles. The molecule has 22 heavy (non-hydrogen) atoms. The molecule has 2 aromatic rings. The summed E-state index contributed by atoms with van der Waals surface area (Å²) in [5.41, 5.74) is 0.943. The maximum Gasteiger partial charge on any atom is 0.347 e. The van der Waals surface area contributed by atoms with Gasteiger partial charge in [-0.05, 0) is 16.3 Å². The van der Waals surface area contributed by atoms with E-state index in [1.807, 2.05) is 42.5 Å². The zero-order valence-electron chi connectivity index (χ0n) is 11.5. The minimum atomic E-state index is -0.732. The topological polar surface area (TPSA) is 80.6 Å². The lowest BCUT2D eigenvalue weighted by atomic mass is 10.0. The van der Waals surface area contributed by atoms with Gasteiger partial charge in [-0.15, -0.1) is 0 Å². The van der Waals surface area contributed by atoms with Crippen LogP contribution in [0.25, 0.3) is 10.8 Å². The van der Waals surface area contributed by atoms with Crippen LogP contribution in [0.3, 0.4) is 0 Å². The predicted octanol–water partition coefficient (Wildman–Crippen LogP) is 1.49. The number of amides is 4. The highest BCUT2D eigenvalue weighted by molar-refractivity contribution is 6.07. The van der Waals surface area contributed by atoms with Gasteiger partial charge < -0.3 is 4.90 Å². The zero-order valence-corrected chi connectivity index (χ0v) is 11.5. The Morgan fingerprint density at radius 2 is 1.86 bits per heavy atom. The number of carbonyl (C=O) groups is 3. The molecule has 0 aromatic heterocycles. The van der Waals surface area contributed by atoms with Crippen LogP contribution in [0, 0.1) is 0 Å². The number of imide groups is 1. The van der Waals surface area contributed by atoms with Crippen molar-refractivity contribution < 1.29 is 14.4 Å². The average molecular weight is 294 g/mol. The molecule has 0 fully saturated rings. The van der Waals surface area contributed by atoms with Crippen LogP contribution in [-0.4, -0.2) is 23.2 Å². The van der Waals surface area contributed by atoms with Crippen LogP contribution in [0.1, 0.15) is 5.56 Å². The number of fused-ring (bicyclic) bond motifs is 1. The van der Waals surface area contributed by atoms with Crippen molar-refractivity contribution in [2.75, 3.05) is 0 Å². The summed E-state index contributed by atoms with van der Waals surface area (Å²) in [4.78, 5) is 35.4. The first-order chi connectivity index (χ1) is 10.7. The Balaban J connectivity index is 1.94. The summed E-state index contributed by atoms with van der Waals surface area (Å²) in [7, 11) is 0. The summed E-state index contributed by atoms with van der Waals surface area (Å²) >= 11 is 0. The summed E-state index contributed by atoms with van der Waals surface area (Å²) in [6.07, 6.45) is 1.67. The third-order valence-corrected chi connectivity index (χ3v) is 3.41. The van der Waals surface area contributed by atoms with Crippen LogP contribution >= 0.6 is 0 Å². The molecule has 6 nitrogen and oxygen atoms in total. The number of rotatable bonds is 4. The fourth-order valence-corrected chi connectivity index (χ4v) is 2.37. The molecule has 1 N–H and O–H groups in total. The van der Waals surface area contributed by atoms with Gasteiger partial charge in [-0.1, -0.05) is 42.5 Å². The SMILES string of the molecule is O=CN(Cc1cccc2ccccc12)C1=C[N]C(=O)NC1=O. The van der Waals surface area contributed by atoms with Gasteiger partial charge in [0.1, 0.15) is 5.70 Å². The van der Waals surface area contributed by atoms with Crippen LogP contribution in [0.15, 0.2) is 54.4 Å². The van der Waals surface area contributed by atoms with E-state index in [-0.39, 0.29) is 12.2 Å². The van der Waals surface area contributed by atoms with Crippen LogP contribution < -0.4 is 10.6 Å². The second-order valence-corrected chi connectivity index (χ2v) is 4.77. The van der Waals surface area contributed by atoms with Crippen molar-refractivity contribution >= 4 is 29.1 Å². The van der Waals surface area contributed by atoms with Gasteiger partial charge in [-0.2, -0.15) is 5.32 Å². The van der Waals surface area contributed by atoms with Gasteiger partial charge in [0.05, 0.1) is 12.7 Å². The number of hydrogen-bond donors (Lipinski definition) is 1. The van der Waals surface area contributed by atoms with E-state index in [0.29, 0.717) is 6.41 Å². The largest absolute Gasteiger partial charge is 0.347 e. The molecule has 109 valence electrons. The summed E-state index contributed by atoms with van der Waals surface area (Å²) in [6.45, 7) is 0.216. The third kappa shape index (κ3) is 2.54. The van der Waals surface area contributed by atoms with Crippen molar-refractivity contribution in [3.05, 3.63) is 59.9 Å². The van der Waals surface area contributed by atoms with Crippen molar-refractivity contribution in [3.8, 4) is 0 Å². The van der Waals surface area contributed by atoms with Gasteiger partial charge in [-0.25, -0.2) is 4.79 Å². The Morgan fingerprint density at radius 1 is 1.09 bits per heavy atom. The van der Waals surface area contributed by atoms with Crippen LogP contribution in [0.2, 0.25) is 0 Å². The number of carbonyl (C=O) groups excluding carboxylic acids is 3. The van der Waals surface area contributed by atoms with Crippen molar-refractivity contribution in [2.45, 2.75) is 6.54 Å². The monoisotopic (exact) mass is 294 g/mol. The number of benzene rings is 2. The molecule has 0 bridgehead atoms. The van der Waals surface area contributed by atoms with E-state index in [2.05, 4.69) is 10.6 Å². The first-order valence-corrected chi connectivity index (χ1v) is 6.64. The second-order valence-electron chi connectivity index (χ2n) is 4.77. The first-order valence-electron chi connectivity index (χ1n) is 6.64. The Kier molecular flexibility index (Phi) is 3.57. The quantitative estimate of drug-likeness (QED) is 0.868. The summed E-state index contributed by atoms with van der Waals surface area (Å²) in [5.74, 6) is -0.632. The number of nitrogens with one attached hydrogen (secondary N) is 1. The predicted molar refractivity (Wildman–Crippen MR) is 79.3 cm³/mol. The lowest BCUT2D eigenvalue weighted by Gasteiger charge is -2.22. The molecule has 1 radical (unpaired) electrons. The molecular weight excluding hydrogens is 282 g/mol. The van der Waals surface area contributed by atoms with E-state index < -0.39 is 11.9 Å². The minimum absolute atomic E-state index is 0.0440. The lowest BCUT2D eigenvalue weighted by molar-refractivity contribution is -0.124. The maximum atomic E-state index is 11.8. The molecule has 2 aromatic carbocycles. The molecule has 0 atom stereocenters. The molecule has 4 amide bonds. The van der Waals surface area contributed by atoms with Gasteiger partial charge in [0.15, 0.2) is 0 Å². The molecular formula is C16H12N3O3. The molecule has 0 spiro atoms. The van der Waals surface area contributed by atoms with Gasteiger partial charge in [0, 0.05) is 0 Å². The van der Waals surface area contributed by atoms with Crippen LogP contribution in [-0.2, 0) is 16.1 Å². The zero-order chi connectivity index (χ0) is 15.5. The summed E-state index contributed by atoms with van der Waals surface area (Å²) < 4.78 is 0. The number of hydrogen-bond acceptors (Lipinski definition) is 3. The molecule has 3 rings (SSSR count). The lowest BCUT2D eigenvalue weighted by Crippen LogP contribution is -2.44. The van der Waals surface area contributed by atoms with Gasteiger partial charge >= 0.3 is 6.03 Å². The number of nitrogens with zero attached hydrogens (tertiary/aromatic N) is 2. The molecule has 0 unspecified atom stereocenters. The first kappa shape index (κ1) is 13.8. The Morgan fingerprint density at radius 3 is 2.64 bits per heavy atom. The molecule has 0 saturated heterocycles. The number of urea groups is 1. The highest BCUT2D eigenvalue weighted by Gasteiger charge is 2.24. The van der Waals surface area contributed by atoms with Crippen molar-refractivity contribution in [3.63, 3.8) is 0 Å². The van der Waals surface area contributed by atoms with Gasteiger partial charge in [-0.3, -0.25) is 14.9 Å². The van der Waals surface area contributed by atoms with E-state index >= 15 is 0 Å². The van der Waals surface area contributed by atoms with Crippen molar-refractivity contribution in [1.82, 2.24) is 15.5 Å². The van der Waals surface area contributed by atoms with Crippen molar-refractivity contribution in [2.24, 2.45) is 0 Å². The molecule has 1 aliphatic rings. The Bertz CT molecular complexity index is 793. The van der Waals surface area contributed by atoms with Gasteiger partial charge in [0.25, 0.3) is 5.91 Å². The molecule has 1 aliphatic heterocycles. The second kappa shape index (κ2) is 5.69. The average Bonchev–Trinajstić information content (AvgIpc) is 2.53. The van der Waals surface area contributed by atoms with Gasteiger partial charge in [0.2, 0.25) is 6.41 Å². The highest BCUT2D eigenvalue weighted by Crippen LogP contribution is 2.21. The van der Waals surface area contributed by atoms with Crippen LogP contribution in [0.5, 0.6) is 0 Å². The normalized spacial score (nSPS) is 14.1. The van der Waals surface area contributed by atoms with E-state index in [0.717, 1.165) is 22.5 Å². The summed E-state index contributed by atoms with van der Waals surface area (Å²) in [6, 6.07) is 12.8. The Hall–Kier alpha value is -3.15. The molecule has 0 saturated carbocycles. The van der Waals surface area contributed by atoms with E-state index in [1.54, 1.807) is 0 Å². The van der Waals surface area contributed by atoms with E-state index in [1.165, 1.54) is 4.90 Å². The van der Waals surface area contributed by atoms with E-state index in [9.17, 15) is 14.4 Å². The van der Waals surface area contributed by atoms with Crippen LogP contribution in [0.4, 0.5) is 4.79 Å². The molecule has 0 aliphatic carbocycles. The fourth-order valence-electron chi connectivity index (χ4n) is 2.37. The minimum Gasteiger partial charge on any atom is -0.304 e. The maximum absolute atomic E-state index is 11.8. The molecule has 6 heteroatoms. The smallest absolute Gasteiger partial charge is 0.304 e. The summed E-state index contributed by atoms with van der Waals surface area (Å²) in [5, 5.41) is 7.61.